The van der Waals surface area contributed by atoms with Crippen molar-refractivity contribution in [2.45, 2.75) is 38.5 Å². The van der Waals surface area contributed by atoms with E-state index in [1.54, 1.807) is 7.11 Å². The molecule has 1 aliphatic heterocycles. The molecule has 1 aliphatic rings. The molecule has 136 valence electrons. The van der Waals surface area contributed by atoms with E-state index >= 15 is 0 Å². The molecule has 1 saturated heterocycles. The molecule has 24 heavy (non-hydrogen) atoms. The van der Waals surface area contributed by atoms with E-state index in [2.05, 4.69) is 5.32 Å². The lowest BCUT2D eigenvalue weighted by molar-refractivity contribution is 0.180. The molecule has 1 aromatic carbocycles. The van der Waals surface area contributed by atoms with Gasteiger partial charge in [-0.3, -0.25) is 9.88 Å². The Hall–Kier alpha value is -0.520. The fraction of sp³-hybridized carbons (Fsp3) is 0.647. The maximum atomic E-state index is 13.5. The van der Waals surface area contributed by atoms with Crippen LogP contribution in [0.3, 0.4) is 0 Å². The van der Waals surface area contributed by atoms with E-state index in [1.807, 2.05) is 49.9 Å². The van der Waals surface area contributed by atoms with E-state index < -0.39 is 12.9 Å². The molecule has 0 aliphatic carbocycles. The van der Waals surface area contributed by atoms with Gasteiger partial charge in [-0.1, -0.05) is 12.1 Å². The number of benzene rings is 1. The summed E-state index contributed by atoms with van der Waals surface area (Å²) in [6.45, 7) is 5.12. The first-order chi connectivity index (χ1) is 11.6. The minimum absolute atomic E-state index is 0.385. The molecule has 2 rings (SSSR count). The largest absolute Gasteiger partial charge is 0.497 e. The van der Waals surface area contributed by atoms with Gasteiger partial charge >= 0.3 is 7.60 Å². The van der Waals surface area contributed by atoms with Crippen molar-refractivity contribution in [1.29, 1.82) is 0 Å². The van der Waals surface area contributed by atoms with E-state index in [4.69, 9.17) is 13.8 Å². The van der Waals surface area contributed by atoms with Gasteiger partial charge in [-0.25, -0.2) is 0 Å². The highest BCUT2D eigenvalue weighted by atomic mass is 32.2. The van der Waals surface area contributed by atoms with Crippen molar-refractivity contribution in [3.63, 3.8) is 0 Å². The quantitative estimate of drug-likeness (QED) is 0.652. The molecule has 0 radical (unpaired) electrons. The number of ether oxygens (including phenoxy) is 1. The molecule has 1 N–H and O–H groups in total. The summed E-state index contributed by atoms with van der Waals surface area (Å²) in [6, 6.07) is 7.91. The van der Waals surface area contributed by atoms with Crippen molar-refractivity contribution in [3.05, 3.63) is 29.8 Å². The zero-order valence-electron chi connectivity index (χ0n) is 14.7. The molecule has 1 aromatic rings. The third-order valence-corrected chi connectivity index (χ3v) is 8.06. The molecule has 0 aromatic heterocycles. The monoisotopic (exact) mass is 373 g/mol. The van der Waals surface area contributed by atoms with Crippen LogP contribution in [-0.2, 0) is 20.2 Å². The molecule has 0 amide bonds. The van der Waals surface area contributed by atoms with E-state index in [0.29, 0.717) is 19.8 Å². The fourth-order valence-electron chi connectivity index (χ4n) is 2.89. The first kappa shape index (κ1) is 19.8. The summed E-state index contributed by atoms with van der Waals surface area (Å²) in [7, 11) is -1.57. The van der Waals surface area contributed by atoms with E-state index in [9.17, 15) is 4.57 Å². The van der Waals surface area contributed by atoms with Gasteiger partial charge in [0.25, 0.3) is 0 Å². The van der Waals surface area contributed by atoms with Gasteiger partial charge in [0, 0.05) is 6.54 Å². The molecule has 1 heterocycles. The van der Waals surface area contributed by atoms with Gasteiger partial charge < -0.3 is 13.8 Å². The second-order valence-electron chi connectivity index (χ2n) is 5.68. The van der Waals surface area contributed by atoms with Crippen molar-refractivity contribution >= 4 is 19.4 Å². The highest BCUT2D eigenvalue weighted by Crippen LogP contribution is 2.63. The van der Waals surface area contributed by atoms with Crippen LogP contribution < -0.4 is 10.1 Å². The van der Waals surface area contributed by atoms with Crippen molar-refractivity contribution in [2.24, 2.45) is 0 Å². The van der Waals surface area contributed by atoms with E-state index in [-0.39, 0.29) is 0 Å². The molecule has 0 saturated carbocycles. The molecule has 0 spiro atoms. The molecule has 0 atom stereocenters. The topological polar surface area (TPSA) is 56.8 Å². The summed E-state index contributed by atoms with van der Waals surface area (Å²) in [4.78, 5) is 0. The van der Waals surface area contributed by atoms with Crippen LogP contribution in [0.15, 0.2) is 24.3 Å². The van der Waals surface area contributed by atoms with E-state index in [1.165, 1.54) is 0 Å². The Morgan fingerprint density at radius 1 is 1.12 bits per heavy atom. The second-order valence-corrected chi connectivity index (χ2v) is 9.27. The van der Waals surface area contributed by atoms with Crippen molar-refractivity contribution in [1.82, 2.24) is 5.32 Å². The van der Waals surface area contributed by atoms with Gasteiger partial charge in [-0.05, 0) is 55.9 Å². The SMILES string of the molecule is CCOP(=O)(OCC)C1(NCc2ccc(OC)cc2)CCSCC1. The lowest BCUT2D eigenvalue weighted by Gasteiger charge is -2.42. The average Bonchev–Trinajstić information content (AvgIpc) is 2.61. The zero-order valence-corrected chi connectivity index (χ0v) is 16.5. The predicted molar refractivity (Wildman–Crippen MR) is 100.0 cm³/mol. The van der Waals surface area contributed by atoms with Gasteiger partial charge in [0.15, 0.2) is 0 Å². The first-order valence-corrected chi connectivity index (χ1v) is 11.1. The highest BCUT2D eigenvalue weighted by Gasteiger charge is 2.51. The maximum Gasteiger partial charge on any atom is 0.350 e. The lowest BCUT2D eigenvalue weighted by atomic mass is 10.1. The third kappa shape index (κ3) is 4.55. The first-order valence-electron chi connectivity index (χ1n) is 8.44. The fourth-order valence-corrected chi connectivity index (χ4v) is 6.68. The molecule has 5 nitrogen and oxygen atoms in total. The zero-order chi connectivity index (χ0) is 17.5. The maximum absolute atomic E-state index is 13.5. The molecule has 0 unspecified atom stereocenters. The Morgan fingerprint density at radius 3 is 2.21 bits per heavy atom. The summed E-state index contributed by atoms with van der Waals surface area (Å²) < 4.78 is 30.0. The second kappa shape index (κ2) is 9.25. The summed E-state index contributed by atoms with van der Waals surface area (Å²) in [6.07, 6.45) is 1.57. The van der Waals surface area contributed by atoms with E-state index in [0.717, 1.165) is 35.7 Å². The van der Waals surface area contributed by atoms with Crippen LogP contribution in [0.4, 0.5) is 0 Å². The van der Waals surface area contributed by atoms with Crippen LogP contribution in [-0.4, -0.2) is 37.1 Å². The minimum Gasteiger partial charge on any atom is -0.497 e. The number of thioether (sulfide) groups is 1. The van der Waals surface area contributed by atoms with Gasteiger partial charge in [0.1, 0.15) is 11.0 Å². The standard InChI is InChI=1S/C17H28NO4PS/c1-4-21-23(19,22-5-2)17(10-12-24-13-11-17)18-14-15-6-8-16(20-3)9-7-15/h6-9,18H,4-5,10-14H2,1-3H3. The molecule has 1 fully saturated rings. The Bertz CT molecular complexity index is 536. The Kier molecular flexibility index (Phi) is 7.63. The van der Waals surface area contributed by atoms with Crippen LogP contribution in [0.1, 0.15) is 32.3 Å². The van der Waals surface area contributed by atoms with Crippen molar-refractivity contribution in [3.8, 4) is 5.75 Å². The van der Waals surface area contributed by atoms with Crippen LogP contribution in [0, 0.1) is 0 Å². The van der Waals surface area contributed by atoms with Gasteiger partial charge in [-0.2, -0.15) is 11.8 Å². The molecule has 7 heteroatoms. The summed E-state index contributed by atoms with van der Waals surface area (Å²) in [5.74, 6) is 2.75. The molecular weight excluding hydrogens is 345 g/mol. The minimum atomic E-state index is -3.23. The van der Waals surface area contributed by atoms with Gasteiger partial charge in [-0.15, -0.1) is 0 Å². The Labute approximate surface area is 149 Å². The van der Waals surface area contributed by atoms with Crippen molar-refractivity contribution < 1.29 is 18.3 Å². The van der Waals surface area contributed by atoms with Gasteiger partial charge in [0.2, 0.25) is 0 Å². The average molecular weight is 373 g/mol. The number of methoxy groups -OCH3 is 1. The normalized spacial score (nSPS) is 17.6. The summed E-state index contributed by atoms with van der Waals surface area (Å²) in [5, 5.41) is 2.92. The van der Waals surface area contributed by atoms with Crippen LogP contribution >= 0.6 is 19.4 Å². The Balaban J connectivity index is 2.18. The Morgan fingerprint density at radius 2 is 1.71 bits per heavy atom. The predicted octanol–water partition coefficient (Wildman–Crippen LogP) is 4.27. The smallest absolute Gasteiger partial charge is 0.350 e. The van der Waals surface area contributed by atoms with Crippen molar-refractivity contribution in [2.75, 3.05) is 31.8 Å². The van der Waals surface area contributed by atoms with Crippen LogP contribution in [0.2, 0.25) is 0 Å². The number of nitrogens with one attached hydrogen (secondary N) is 1. The van der Waals surface area contributed by atoms with Crippen LogP contribution in [0.25, 0.3) is 0 Å². The molecule has 0 bridgehead atoms. The number of hydrogen-bond donors (Lipinski definition) is 1. The highest BCUT2D eigenvalue weighted by molar-refractivity contribution is 7.99. The number of rotatable bonds is 9. The lowest BCUT2D eigenvalue weighted by Crippen LogP contribution is -2.48. The van der Waals surface area contributed by atoms with Crippen LogP contribution in [0.5, 0.6) is 5.75 Å². The van der Waals surface area contributed by atoms with Gasteiger partial charge in [0.05, 0.1) is 20.3 Å². The summed E-state index contributed by atoms with van der Waals surface area (Å²) in [5.41, 5.74) is 1.12. The summed E-state index contributed by atoms with van der Waals surface area (Å²) >= 11 is 1.89. The third-order valence-electron chi connectivity index (χ3n) is 4.22. The number of hydrogen-bond acceptors (Lipinski definition) is 6. The molecular formula is C17H28NO4PS.